The zero-order valence-electron chi connectivity index (χ0n) is 11.6. The lowest BCUT2D eigenvalue weighted by molar-refractivity contribution is -0.127. The van der Waals surface area contributed by atoms with Crippen LogP contribution in [0, 0.1) is 29.6 Å². The summed E-state index contributed by atoms with van der Waals surface area (Å²) < 4.78 is 0. The fourth-order valence-electron chi connectivity index (χ4n) is 4.44. The molecule has 0 saturated heterocycles. The largest absolute Gasteiger partial charge is 0.390 e. The molecule has 2 aliphatic carbocycles. The fraction of sp³-hybridized carbons (Fsp3) is 0.933. The summed E-state index contributed by atoms with van der Waals surface area (Å²) in [7, 11) is 0. The van der Waals surface area contributed by atoms with Crippen molar-refractivity contribution in [2.24, 2.45) is 29.6 Å². The van der Waals surface area contributed by atoms with E-state index in [0.29, 0.717) is 29.5 Å². The smallest absolute Gasteiger partial charge is 0.133 e. The second-order valence-electron chi connectivity index (χ2n) is 6.78. The third-order valence-corrected chi connectivity index (χ3v) is 5.37. The van der Waals surface area contributed by atoms with Crippen molar-refractivity contribution in [3.8, 4) is 0 Å². The molecule has 2 heteroatoms. The summed E-state index contributed by atoms with van der Waals surface area (Å²) in [6.45, 7) is 8.23. The lowest BCUT2D eigenvalue weighted by Crippen LogP contribution is -2.47. The number of fused-ring (bicyclic) bond motifs is 1. The minimum atomic E-state index is -0.541. The SMILES string of the molecule is CC(=O)C1CCC2C1C(C(C)C)CC[C@@]2(C)O. The van der Waals surface area contributed by atoms with Crippen LogP contribution in [0.5, 0.6) is 0 Å². The highest BCUT2D eigenvalue weighted by molar-refractivity contribution is 5.79. The molecule has 2 saturated carbocycles. The van der Waals surface area contributed by atoms with Crippen LogP contribution in [0.15, 0.2) is 0 Å². The molecule has 2 fully saturated rings. The normalized spacial score (nSPS) is 46.0. The van der Waals surface area contributed by atoms with Crippen LogP contribution >= 0.6 is 0 Å². The maximum absolute atomic E-state index is 11.8. The molecule has 2 aliphatic rings. The average molecular weight is 238 g/mol. The zero-order valence-corrected chi connectivity index (χ0v) is 11.6. The predicted octanol–water partition coefficient (Wildman–Crippen LogP) is 3.03. The molecule has 0 aromatic heterocycles. The van der Waals surface area contributed by atoms with E-state index in [4.69, 9.17) is 0 Å². The van der Waals surface area contributed by atoms with E-state index in [0.717, 1.165) is 25.7 Å². The third kappa shape index (κ3) is 2.16. The maximum atomic E-state index is 11.8. The summed E-state index contributed by atoms with van der Waals surface area (Å²) in [4.78, 5) is 11.8. The average Bonchev–Trinajstić information content (AvgIpc) is 2.62. The van der Waals surface area contributed by atoms with Gasteiger partial charge in [-0.05, 0) is 63.2 Å². The highest BCUT2D eigenvalue weighted by Crippen LogP contribution is 2.54. The molecule has 4 unspecified atom stereocenters. The Balaban J connectivity index is 2.28. The summed E-state index contributed by atoms with van der Waals surface area (Å²) in [5.74, 6) is 2.56. The number of carbonyl (C=O) groups excluding carboxylic acids is 1. The highest BCUT2D eigenvalue weighted by Gasteiger charge is 2.53. The fourth-order valence-corrected chi connectivity index (χ4v) is 4.44. The second kappa shape index (κ2) is 4.38. The Morgan fingerprint density at radius 2 is 1.94 bits per heavy atom. The minimum absolute atomic E-state index is 0.208. The first-order valence-electron chi connectivity index (χ1n) is 7.07. The molecular weight excluding hydrogens is 212 g/mol. The molecule has 1 N–H and O–H groups in total. The molecular formula is C15H26O2. The second-order valence-corrected chi connectivity index (χ2v) is 6.78. The van der Waals surface area contributed by atoms with Gasteiger partial charge < -0.3 is 5.11 Å². The molecule has 0 radical (unpaired) electrons. The van der Waals surface area contributed by atoms with Crippen molar-refractivity contribution in [2.75, 3.05) is 0 Å². The van der Waals surface area contributed by atoms with Gasteiger partial charge in [-0.15, -0.1) is 0 Å². The number of ketones is 1. The van der Waals surface area contributed by atoms with Gasteiger partial charge in [0.2, 0.25) is 0 Å². The lowest BCUT2D eigenvalue weighted by atomic mass is 9.61. The van der Waals surface area contributed by atoms with E-state index >= 15 is 0 Å². The van der Waals surface area contributed by atoms with Gasteiger partial charge in [-0.25, -0.2) is 0 Å². The Labute approximate surface area is 105 Å². The van der Waals surface area contributed by atoms with Crippen molar-refractivity contribution in [2.45, 2.75) is 59.0 Å². The Morgan fingerprint density at radius 3 is 2.47 bits per heavy atom. The first-order valence-corrected chi connectivity index (χ1v) is 7.07. The van der Waals surface area contributed by atoms with E-state index in [1.165, 1.54) is 0 Å². The van der Waals surface area contributed by atoms with Crippen LogP contribution in [0.4, 0.5) is 0 Å². The molecule has 2 rings (SSSR count). The molecule has 0 aromatic carbocycles. The van der Waals surface area contributed by atoms with Gasteiger partial charge in [0.05, 0.1) is 5.60 Å². The summed E-state index contributed by atoms with van der Waals surface area (Å²) >= 11 is 0. The standard InChI is InChI=1S/C15H26O2/c1-9(2)11-7-8-15(4,17)13-6-5-12(10(3)16)14(11)13/h9,11-14,17H,5-8H2,1-4H3/t11?,12?,13?,14?,15-/m1/s1. The first kappa shape index (κ1) is 13.1. The van der Waals surface area contributed by atoms with Crippen LogP contribution < -0.4 is 0 Å². The predicted molar refractivity (Wildman–Crippen MR) is 68.6 cm³/mol. The molecule has 98 valence electrons. The van der Waals surface area contributed by atoms with Gasteiger partial charge >= 0.3 is 0 Å². The van der Waals surface area contributed by atoms with Crippen LogP contribution in [0.25, 0.3) is 0 Å². The molecule has 0 amide bonds. The van der Waals surface area contributed by atoms with E-state index in [1.54, 1.807) is 6.92 Å². The molecule has 0 spiro atoms. The van der Waals surface area contributed by atoms with Gasteiger partial charge in [0.25, 0.3) is 0 Å². The van der Waals surface area contributed by atoms with E-state index in [2.05, 4.69) is 13.8 Å². The summed E-state index contributed by atoms with van der Waals surface area (Å²) in [5, 5.41) is 10.5. The number of carbonyl (C=O) groups is 1. The van der Waals surface area contributed by atoms with Gasteiger partial charge in [-0.2, -0.15) is 0 Å². The molecule has 0 bridgehead atoms. The molecule has 2 nitrogen and oxygen atoms in total. The van der Waals surface area contributed by atoms with Crippen molar-refractivity contribution in [3.05, 3.63) is 0 Å². The van der Waals surface area contributed by atoms with Crippen LogP contribution in [0.2, 0.25) is 0 Å². The van der Waals surface area contributed by atoms with Crippen molar-refractivity contribution < 1.29 is 9.90 Å². The van der Waals surface area contributed by atoms with Gasteiger partial charge in [-0.1, -0.05) is 13.8 Å². The lowest BCUT2D eigenvalue weighted by Gasteiger charge is -2.46. The minimum Gasteiger partial charge on any atom is -0.390 e. The summed E-state index contributed by atoms with van der Waals surface area (Å²) in [5.41, 5.74) is -0.541. The number of Topliss-reactive ketones (excluding diaryl/α,β-unsaturated/α-hetero) is 1. The van der Waals surface area contributed by atoms with Crippen LogP contribution in [-0.4, -0.2) is 16.5 Å². The topological polar surface area (TPSA) is 37.3 Å². The number of rotatable bonds is 2. The van der Waals surface area contributed by atoms with E-state index in [9.17, 15) is 9.90 Å². The van der Waals surface area contributed by atoms with Crippen LogP contribution in [0.1, 0.15) is 53.4 Å². The van der Waals surface area contributed by atoms with Gasteiger partial charge in [0, 0.05) is 5.92 Å². The van der Waals surface area contributed by atoms with Crippen molar-refractivity contribution in [1.29, 1.82) is 0 Å². The van der Waals surface area contributed by atoms with Gasteiger partial charge in [0.15, 0.2) is 0 Å². The molecule has 0 heterocycles. The summed E-state index contributed by atoms with van der Waals surface area (Å²) in [6, 6.07) is 0. The zero-order chi connectivity index (χ0) is 12.8. The third-order valence-electron chi connectivity index (χ3n) is 5.37. The quantitative estimate of drug-likeness (QED) is 0.803. The monoisotopic (exact) mass is 238 g/mol. The Kier molecular flexibility index (Phi) is 3.37. The van der Waals surface area contributed by atoms with E-state index < -0.39 is 5.60 Å². The number of aliphatic hydroxyl groups is 1. The Morgan fingerprint density at radius 1 is 1.29 bits per heavy atom. The first-order chi connectivity index (χ1) is 7.84. The van der Waals surface area contributed by atoms with Crippen LogP contribution in [0.3, 0.4) is 0 Å². The molecule has 5 atom stereocenters. The van der Waals surface area contributed by atoms with Gasteiger partial charge in [-0.3, -0.25) is 4.79 Å². The Hall–Kier alpha value is -0.370. The molecule has 0 aliphatic heterocycles. The van der Waals surface area contributed by atoms with Crippen LogP contribution in [-0.2, 0) is 4.79 Å². The van der Waals surface area contributed by atoms with Crippen molar-refractivity contribution in [3.63, 3.8) is 0 Å². The maximum Gasteiger partial charge on any atom is 0.133 e. The summed E-state index contributed by atoms with van der Waals surface area (Å²) in [6.07, 6.45) is 4.01. The number of hydrogen-bond acceptors (Lipinski definition) is 2. The van der Waals surface area contributed by atoms with E-state index in [1.807, 2.05) is 6.92 Å². The van der Waals surface area contributed by atoms with Crippen molar-refractivity contribution in [1.82, 2.24) is 0 Å². The molecule has 17 heavy (non-hydrogen) atoms. The van der Waals surface area contributed by atoms with Crippen molar-refractivity contribution >= 4 is 5.78 Å². The highest BCUT2D eigenvalue weighted by atomic mass is 16.3. The van der Waals surface area contributed by atoms with E-state index in [-0.39, 0.29) is 5.92 Å². The number of hydrogen-bond donors (Lipinski definition) is 1. The molecule has 0 aromatic rings. The van der Waals surface area contributed by atoms with Gasteiger partial charge in [0.1, 0.15) is 5.78 Å². The Bertz CT molecular complexity index is 306.